The molecule has 0 spiro atoms. The summed E-state index contributed by atoms with van der Waals surface area (Å²) in [5.74, 6) is 0.877. The van der Waals surface area contributed by atoms with E-state index in [1.807, 2.05) is 0 Å². The quantitative estimate of drug-likeness (QED) is 0.514. The number of aromatic nitrogens is 8. The van der Waals surface area contributed by atoms with E-state index in [-0.39, 0.29) is 17.2 Å². The number of carbonyl (C=O) groups excluding carboxylic acids is 1. The maximum atomic E-state index is 12.5. The van der Waals surface area contributed by atoms with Gasteiger partial charge < -0.3 is 0 Å². The molecule has 4 rings (SSSR count). The van der Waals surface area contributed by atoms with E-state index in [0.717, 1.165) is 0 Å². The van der Waals surface area contributed by atoms with Gasteiger partial charge in [-0.05, 0) is 12.1 Å². The molecule has 0 saturated carbocycles. The third kappa shape index (κ3) is 2.54. The molecule has 9 nitrogen and oxygen atoms in total. The molecule has 0 fully saturated rings. The molecule has 0 bridgehead atoms. The molecular formula is C15H10N8O. The zero-order valence-corrected chi connectivity index (χ0v) is 12.3. The average molecular weight is 318 g/mol. The van der Waals surface area contributed by atoms with E-state index in [1.165, 1.54) is 22.0 Å². The molecule has 0 unspecified atom stereocenters. The van der Waals surface area contributed by atoms with Crippen LogP contribution in [-0.4, -0.2) is 45.3 Å². The van der Waals surface area contributed by atoms with Crippen molar-refractivity contribution in [3.05, 3.63) is 73.1 Å². The molecule has 0 aliphatic heterocycles. The van der Waals surface area contributed by atoms with Gasteiger partial charge in [0.05, 0.1) is 0 Å². The normalized spacial score (nSPS) is 10.7. The second-order valence-electron chi connectivity index (χ2n) is 4.76. The van der Waals surface area contributed by atoms with Gasteiger partial charge in [0, 0.05) is 36.9 Å². The molecule has 0 amide bonds. The predicted octanol–water partition coefficient (Wildman–Crippen LogP) is 0.869. The molecule has 0 atom stereocenters. The molecule has 0 N–H and O–H groups in total. The van der Waals surface area contributed by atoms with Crippen LogP contribution in [0.2, 0.25) is 0 Å². The van der Waals surface area contributed by atoms with Crippen LogP contribution in [0.5, 0.6) is 0 Å². The first-order chi connectivity index (χ1) is 11.8. The van der Waals surface area contributed by atoms with Crippen LogP contribution < -0.4 is 0 Å². The third-order valence-electron chi connectivity index (χ3n) is 3.25. The lowest BCUT2D eigenvalue weighted by Crippen LogP contribution is -2.07. The van der Waals surface area contributed by atoms with Crippen molar-refractivity contribution in [1.29, 1.82) is 0 Å². The highest BCUT2D eigenvalue weighted by atomic mass is 16.1. The van der Waals surface area contributed by atoms with Crippen molar-refractivity contribution in [3.63, 3.8) is 0 Å². The van der Waals surface area contributed by atoms with Gasteiger partial charge in [0.15, 0.2) is 11.6 Å². The van der Waals surface area contributed by atoms with E-state index in [4.69, 9.17) is 0 Å². The fourth-order valence-corrected chi connectivity index (χ4v) is 2.11. The topological polar surface area (TPSA) is 104 Å². The van der Waals surface area contributed by atoms with Gasteiger partial charge in [-0.1, -0.05) is 0 Å². The van der Waals surface area contributed by atoms with E-state index < -0.39 is 0 Å². The smallest absolute Gasteiger partial charge is 0.233 e. The lowest BCUT2D eigenvalue weighted by molar-refractivity contribution is 0.102. The lowest BCUT2D eigenvalue weighted by Gasteiger charge is -1.98. The van der Waals surface area contributed by atoms with Crippen LogP contribution >= 0.6 is 0 Å². The van der Waals surface area contributed by atoms with Crippen molar-refractivity contribution in [2.24, 2.45) is 0 Å². The molecule has 0 saturated heterocycles. The minimum Gasteiger partial charge on any atom is -0.285 e. The van der Waals surface area contributed by atoms with Crippen LogP contribution in [0.1, 0.15) is 16.2 Å². The number of hydrogen-bond acceptors (Lipinski definition) is 7. The summed E-state index contributed by atoms with van der Waals surface area (Å²) < 4.78 is 3.02. The van der Waals surface area contributed by atoms with Crippen LogP contribution in [0.25, 0.3) is 11.6 Å². The Balaban J connectivity index is 1.61. The van der Waals surface area contributed by atoms with Gasteiger partial charge in [-0.3, -0.25) is 4.79 Å². The number of hydrogen-bond donors (Lipinski definition) is 0. The second kappa shape index (κ2) is 5.80. The zero-order valence-electron chi connectivity index (χ0n) is 12.3. The summed E-state index contributed by atoms with van der Waals surface area (Å²) in [5.41, 5.74) is 0.558. The van der Waals surface area contributed by atoms with E-state index in [0.29, 0.717) is 11.6 Å². The summed E-state index contributed by atoms with van der Waals surface area (Å²) in [7, 11) is 0. The SMILES string of the molecule is O=C(c1ccn(-c2ccncn2)n1)c1ccn(-c2ccncn2)n1. The van der Waals surface area contributed by atoms with Crippen LogP contribution in [-0.2, 0) is 0 Å². The van der Waals surface area contributed by atoms with Gasteiger partial charge in [-0.2, -0.15) is 10.2 Å². The summed E-state index contributed by atoms with van der Waals surface area (Å²) in [5, 5.41) is 8.48. The maximum Gasteiger partial charge on any atom is 0.233 e. The van der Waals surface area contributed by atoms with Crippen molar-refractivity contribution < 1.29 is 4.79 Å². The first kappa shape index (κ1) is 13.9. The summed E-state index contributed by atoms with van der Waals surface area (Å²) in [6, 6.07) is 6.64. The fourth-order valence-electron chi connectivity index (χ4n) is 2.11. The minimum atomic E-state index is -0.282. The van der Waals surface area contributed by atoms with Gasteiger partial charge in [-0.15, -0.1) is 0 Å². The molecule has 0 radical (unpaired) electrons. The van der Waals surface area contributed by atoms with Gasteiger partial charge in [0.1, 0.15) is 24.0 Å². The number of ketones is 1. The summed E-state index contributed by atoms with van der Waals surface area (Å²) in [4.78, 5) is 28.4. The molecule has 0 aliphatic carbocycles. The first-order valence-electron chi connectivity index (χ1n) is 7.00. The van der Waals surface area contributed by atoms with Crippen molar-refractivity contribution in [3.8, 4) is 11.6 Å². The van der Waals surface area contributed by atoms with E-state index in [1.54, 1.807) is 49.1 Å². The number of carbonyl (C=O) groups is 1. The second-order valence-corrected chi connectivity index (χ2v) is 4.76. The van der Waals surface area contributed by atoms with Crippen LogP contribution in [0, 0.1) is 0 Å². The standard InChI is InChI=1S/C15H10N8O/c24-15(11-3-7-22(20-11)13-1-5-16-9-18-13)12-4-8-23(21-12)14-2-6-17-10-19-14/h1-10H. The number of rotatable bonds is 4. The highest BCUT2D eigenvalue weighted by molar-refractivity contribution is 6.06. The Hall–Kier alpha value is -3.75. The fraction of sp³-hybridized carbons (Fsp3) is 0. The average Bonchev–Trinajstić information content (AvgIpc) is 3.33. The lowest BCUT2D eigenvalue weighted by atomic mass is 10.2. The van der Waals surface area contributed by atoms with Crippen molar-refractivity contribution >= 4 is 5.78 Å². The Morgan fingerprint density at radius 1 is 0.750 bits per heavy atom. The third-order valence-corrected chi connectivity index (χ3v) is 3.25. The molecule has 0 aromatic carbocycles. The van der Waals surface area contributed by atoms with Gasteiger partial charge in [-0.25, -0.2) is 29.3 Å². The van der Waals surface area contributed by atoms with E-state index in [9.17, 15) is 4.79 Å². The van der Waals surface area contributed by atoms with E-state index >= 15 is 0 Å². The maximum absolute atomic E-state index is 12.5. The van der Waals surface area contributed by atoms with Crippen LogP contribution in [0.3, 0.4) is 0 Å². The summed E-state index contributed by atoms with van der Waals surface area (Å²) in [6.07, 6.45) is 9.38. The molecule has 0 aliphatic rings. The Kier molecular flexibility index (Phi) is 3.35. The highest BCUT2D eigenvalue weighted by Gasteiger charge is 2.16. The molecule has 116 valence electrons. The van der Waals surface area contributed by atoms with Crippen molar-refractivity contribution in [1.82, 2.24) is 39.5 Å². The predicted molar refractivity (Wildman–Crippen MR) is 81.7 cm³/mol. The van der Waals surface area contributed by atoms with Crippen LogP contribution in [0.4, 0.5) is 0 Å². The van der Waals surface area contributed by atoms with E-state index in [2.05, 4.69) is 30.1 Å². The highest BCUT2D eigenvalue weighted by Crippen LogP contribution is 2.10. The molecule has 4 aromatic heterocycles. The molecule has 24 heavy (non-hydrogen) atoms. The van der Waals surface area contributed by atoms with Crippen molar-refractivity contribution in [2.45, 2.75) is 0 Å². The molecular weight excluding hydrogens is 308 g/mol. The van der Waals surface area contributed by atoms with Gasteiger partial charge in [0.25, 0.3) is 0 Å². The molecule has 4 heterocycles. The number of nitrogens with zero attached hydrogens (tertiary/aromatic N) is 8. The van der Waals surface area contributed by atoms with Crippen LogP contribution in [0.15, 0.2) is 61.7 Å². The Bertz CT molecular complexity index is 897. The Labute approximate surface area is 135 Å². The monoisotopic (exact) mass is 318 g/mol. The molecule has 4 aromatic rings. The largest absolute Gasteiger partial charge is 0.285 e. The van der Waals surface area contributed by atoms with Crippen molar-refractivity contribution in [2.75, 3.05) is 0 Å². The Morgan fingerprint density at radius 3 is 1.67 bits per heavy atom. The minimum absolute atomic E-state index is 0.279. The Morgan fingerprint density at radius 2 is 1.25 bits per heavy atom. The summed E-state index contributed by atoms with van der Waals surface area (Å²) in [6.45, 7) is 0. The summed E-state index contributed by atoms with van der Waals surface area (Å²) >= 11 is 0. The van der Waals surface area contributed by atoms with Gasteiger partial charge >= 0.3 is 0 Å². The zero-order chi connectivity index (χ0) is 16.4. The van der Waals surface area contributed by atoms with Gasteiger partial charge in [0.2, 0.25) is 5.78 Å². The first-order valence-corrected chi connectivity index (χ1v) is 7.00. The molecule has 9 heteroatoms.